The van der Waals surface area contributed by atoms with E-state index in [0.717, 1.165) is 29.7 Å². The molecular formula is C19H19F2N3O3. The van der Waals surface area contributed by atoms with Gasteiger partial charge in [0.15, 0.2) is 11.5 Å². The first kappa shape index (κ1) is 17.5. The molecule has 1 saturated carbocycles. The van der Waals surface area contributed by atoms with E-state index < -0.39 is 6.61 Å². The molecule has 142 valence electrons. The van der Waals surface area contributed by atoms with Crippen molar-refractivity contribution in [1.29, 1.82) is 0 Å². The molecule has 2 heterocycles. The molecular weight excluding hydrogens is 356 g/mol. The molecule has 0 amide bonds. The van der Waals surface area contributed by atoms with Crippen molar-refractivity contribution in [2.75, 3.05) is 6.61 Å². The summed E-state index contributed by atoms with van der Waals surface area (Å²) in [7, 11) is 0. The predicted octanol–water partition coefficient (Wildman–Crippen LogP) is 3.87. The minimum absolute atomic E-state index is 0.00285. The molecule has 4 rings (SSSR count). The lowest BCUT2D eigenvalue weighted by molar-refractivity contribution is -0.0515. The number of alkyl halides is 2. The summed E-state index contributed by atoms with van der Waals surface area (Å²) in [6, 6.07) is 4.82. The Morgan fingerprint density at radius 3 is 2.81 bits per heavy atom. The second-order valence-corrected chi connectivity index (χ2v) is 6.61. The van der Waals surface area contributed by atoms with Crippen molar-refractivity contribution in [1.82, 2.24) is 15.2 Å². The van der Waals surface area contributed by atoms with E-state index in [1.165, 1.54) is 6.07 Å². The number of fused-ring (bicyclic) bond motifs is 1. The van der Waals surface area contributed by atoms with Crippen LogP contribution in [0.3, 0.4) is 0 Å². The molecule has 2 aromatic heterocycles. The number of rotatable bonds is 7. The maximum Gasteiger partial charge on any atom is 0.387 e. The fraction of sp³-hybridized carbons (Fsp3) is 0.368. The molecule has 0 atom stereocenters. The zero-order chi connectivity index (χ0) is 19.0. The van der Waals surface area contributed by atoms with Crippen molar-refractivity contribution in [2.45, 2.75) is 32.8 Å². The highest BCUT2D eigenvalue weighted by Crippen LogP contribution is 2.38. The molecule has 0 aliphatic heterocycles. The zero-order valence-corrected chi connectivity index (χ0v) is 14.7. The van der Waals surface area contributed by atoms with Crippen LogP contribution in [0.25, 0.3) is 22.2 Å². The quantitative estimate of drug-likeness (QED) is 0.657. The van der Waals surface area contributed by atoms with E-state index in [2.05, 4.69) is 19.9 Å². The number of ether oxygens (including phenoxy) is 2. The molecule has 0 spiro atoms. The number of halogens is 2. The molecule has 2 N–H and O–H groups in total. The molecule has 0 unspecified atom stereocenters. The average Bonchev–Trinajstić information content (AvgIpc) is 3.39. The SMILES string of the molecule is CCc1c(-c2ccc(OC(F)F)c(OCC3CC3)c2)[nH]c2cn[nH]c(=O)c12. The van der Waals surface area contributed by atoms with E-state index in [0.29, 0.717) is 29.8 Å². The molecule has 27 heavy (non-hydrogen) atoms. The van der Waals surface area contributed by atoms with Crippen LogP contribution in [-0.2, 0) is 6.42 Å². The lowest BCUT2D eigenvalue weighted by Gasteiger charge is -2.14. The lowest BCUT2D eigenvalue weighted by Crippen LogP contribution is -2.07. The molecule has 1 aliphatic carbocycles. The van der Waals surface area contributed by atoms with Crippen molar-refractivity contribution in [3.8, 4) is 22.8 Å². The van der Waals surface area contributed by atoms with Crippen LogP contribution in [-0.4, -0.2) is 28.4 Å². The van der Waals surface area contributed by atoms with Gasteiger partial charge in [-0.3, -0.25) is 4.79 Å². The highest BCUT2D eigenvalue weighted by molar-refractivity contribution is 5.89. The van der Waals surface area contributed by atoms with E-state index in [1.807, 2.05) is 6.92 Å². The summed E-state index contributed by atoms with van der Waals surface area (Å²) in [6.07, 6.45) is 4.35. The van der Waals surface area contributed by atoms with Gasteiger partial charge in [0.05, 0.1) is 29.4 Å². The summed E-state index contributed by atoms with van der Waals surface area (Å²) in [4.78, 5) is 15.4. The normalized spacial score (nSPS) is 14.1. The number of aromatic amines is 2. The van der Waals surface area contributed by atoms with Gasteiger partial charge in [0, 0.05) is 5.56 Å². The number of nitrogens with zero attached hydrogens (tertiary/aromatic N) is 1. The number of nitrogens with one attached hydrogen (secondary N) is 2. The standard InChI is InChI=1S/C19H19F2N3O3/c1-2-12-16-13(8-22-24-18(16)25)23-17(12)11-5-6-14(27-19(20)21)15(7-11)26-9-10-3-4-10/h5-8,10,19,23H,2-4,9H2,1H3,(H,24,25). The molecule has 1 fully saturated rings. The van der Waals surface area contributed by atoms with Gasteiger partial charge in [-0.25, -0.2) is 5.10 Å². The Labute approximate surface area is 153 Å². The summed E-state index contributed by atoms with van der Waals surface area (Å²) < 4.78 is 35.8. The number of H-pyrrole nitrogens is 2. The Morgan fingerprint density at radius 1 is 1.30 bits per heavy atom. The number of hydrogen-bond donors (Lipinski definition) is 2. The fourth-order valence-corrected chi connectivity index (χ4v) is 3.19. The summed E-state index contributed by atoms with van der Waals surface area (Å²) >= 11 is 0. The molecule has 0 radical (unpaired) electrons. The highest BCUT2D eigenvalue weighted by atomic mass is 19.3. The van der Waals surface area contributed by atoms with Crippen LogP contribution in [0, 0.1) is 5.92 Å². The zero-order valence-electron chi connectivity index (χ0n) is 14.7. The average molecular weight is 375 g/mol. The molecule has 1 aliphatic rings. The number of aromatic nitrogens is 3. The summed E-state index contributed by atoms with van der Waals surface area (Å²) in [5.41, 5.74) is 2.67. The minimum atomic E-state index is -2.93. The Bertz CT molecular complexity index is 1020. The number of hydrogen-bond acceptors (Lipinski definition) is 4. The van der Waals surface area contributed by atoms with Gasteiger partial charge in [-0.2, -0.15) is 13.9 Å². The van der Waals surface area contributed by atoms with E-state index in [-0.39, 0.29) is 17.1 Å². The predicted molar refractivity (Wildman–Crippen MR) is 96.4 cm³/mol. The first-order valence-corrected chi connectivity index (χ1v) is 8.87. The third-order valence-electron chi connectivity index (χ3n) is 4.69. The van der Waals surface area contributed by atoms with Gasteiger partial charge in [0.25, 0.3) is 5.56 Å². The third-order valence-corrected chi connectivity index (χ3v) is 4.69. The molecule has 0 bridgehead atoms. The van der Waals surface area contributed by atoms with Gasteiger partial charge in [-0.15, -0.1) is 0 Å². The Kier molecular flexibility index (Phi) is 4.55. The summed E-state index contributed by atoms with van der Waals surface area (Å²) in [5, 5.41) is 6.81. The van der Waals surface area contributed by atoms with Gasteiger partial charge < -0.3 is 14.5 Å². The van der Waals surface area contributed by atoms with Crippen LogP contribution in [0.15, 0.2) is 29.2 Å². The fourth-order valence-electron chi connectivity index (χ4n) is 3.19. The maximum absolute atomic E-state index is 12.7. The van der Waals surface area contributed by atoms with Crippen LogP contribution in [0.1, 0.15) is 25.3 Å². The summed E-state index contributed by atoms with van der Waals surface area (Å²) in [6.45, 7) is -0.506. The van der Waals surface area contributed by atoms with Crippen LogP contribution in [0.2, 0.25) is 0 Å². The second-order valence-electron chi connectivity index (χ2n) is 6.61. The first-order valence-electron chi connectivity index (χ1n) is 8.87. The molecule has 6 nitrogen and oxygen atoms in total. The van der Waals surface area contributed by atoms with Gasteiger partial charge >= 0.3 is 6.61 Å². The maximum atomic E-state index is 12.7. The highest BCUT2D eigenvalue weighted by Gasteiger charge is 2.24. The Balaban J connectivity index is 1.79. The Hall–Kier alpha value is -2.90. The number of aryl methyl sites for hydroxylation is 1. The van der Waals surface area contributed by atoms with Crippen molar-refractivity contribution in [3.05, 3.63) is 40.3 Å². The van der Waals surface area contributed by atoms with E-state index in [9.17, 15) is 13.6 Å². The van der Waals surface area contributed by atoms with Gasteiger partial charge in [-0.05, 0) is 48.9 Å². The van der Waals surface area contributed by atoms with Gasteiger partial charge in [-0.1, -0.05) is 6.92 Å². The minimum Gasteiger partial charge on any atom is -0.489 e. The second kappa shape index (κ2) is 7.02. The smallest absolute Gasteiger partial charge is 0.387 e. The van der Waals surface area contributed by atoms with Crippen molar-refractivity contribution in [2.24, 2.45) is 5.92 Å². The van der Waals surface area contributed by atoms with Crippen molar-refractivity contribution < 1.29 is 18.3 Å². The third kappa shape index (κ3) is 3.51. The first-order chi connectivity index (χ1) is 13.1. The van der Waals surface area contributed by atoms with Gasteiger partial charge in [0.2, 0.25) is 0 Å². The lowest BCUT2D eigenvalue weighted by atomic mass is 10.0. The molecule has 3 aromatic rings. The van der Waals surface area contributed by atoms with E-state index in [1.54, 1.807) is 18.3 Å². The van der Waals surface area contributed by atoms with Crippen molar-refractivity contribution in [3.63, 3.8) is 0 Å². The molecule has 8 heteroatoms. The largest absolute Gasteiger partial charge is 0.489 e. The van der Waals surface area contributed by atoms with Crippen LogP contribution < -0.4 is 15.0 Å². The van der Waals surface area contributed by atoms with Gasteiger partial charge in [0.1, 0.15) is 0 Å². The van der Waals surface area contributed by atoms with Crippen LogP contribution in [0.5, 0.6) is 11.5 Å². The molecule has 1 aromatic carbocycles. The summed E-state index contributed by atoms with van der Waals surface area (Å²) in [5.74, 6) is 0.743. The van der Waals surface area contributed by atoms with Crippen LogP contribution in [0.4, 0.5) is 8.78 Å². The van der Waals surface area contributed by atoms with Crippen LogP contribution >= 0.6 is 0 Å². The monoisotopic (exact) mass is 375 g/mol. The Morgan fingerprint density at radius 2 is 2.11 bits per heavy atom. The number of benzene rings is 1. The van der Waals surface area contributed by atoms with E-state index in [4.69, 9.17) is 4.74 Å². The topological polar surface area (TPSA) is 80.0 Å². The van der Waals surface area contributed by atoms with E-state index >= 15 is 0 Å². The van der Waals surface area contributed by atoms with Crippen molar-refractivity contribution >= 4 is 10.9 Å². The molecule has 0 saturated heterocycles.